The van der Waals surface area contributed by atoms with Gasteiger partial charge >= 0.3 is 0 Å². The number of hydrogen-bond donors (Lipinski definition) is 1. The van der Waals surface area contributed by atoms with Crippen LogP contribution in [0.5, 0.6) is 0 Å². The van der Waals surface area contributed by atoms with Gasteiger partial charge in [0.15, 0.2) is 5.78 Å². The van der Waals surface area contributed by atoms with Gasteiger partial charge in [-0.25, -0.2) is 12.8 Å². The third-order valence-electron chi connectivity index (χ3n) is 3.95. The Morgan fingerprint density at radius 2 is 1.66 bits per heavy atom. The van der Waals surface area contributed by atoms with Crippen LogP contribution < -0.4 is 4.72 Å². The summed E-state index contributed by atoms with van der Waals surface area (Å²) in [5, 5.41) is 10.9. The van der Waals surface area contributed by atoms with Crippen molar-refractivity contribution in [1.82, 2.24) is 0 Å². The van der Waals surface area contributed by atoms with Crippen molar-refractivity contribution >= 4 is 38.8 Å². The molecule has 148 valence electrons. The Morgan fingerprint density at radius 3 is 2.28 bits per heavy atom. The van der Waals surface area contributed by atoms with Gasteiger partial charge in [-0.1, -0.05) is 23.7 Å². The molecule has 10 heteroatoms. The molecule has 0 aliphatic rings. The molecular weight excluding hydrogens is 423 g/mol. The van der Waals surface area contributed by atoms with Crippen molar-refractivity contribution in [3.05, 3.63) is 98.8 Å². The maximum absolute atomic E-state index is 14.0. The second kappa shape index (κ2) is 7.98. The molecule has 3 aromatic rings. The molecule has 0 fully saturated rings. The first-order valence-corrected chi connectivity index (χ1v) is 9.91. The minimum absolute atomic E-state index is 0.110. The van der Waals surface area contributed by atoms with Gasteiger partial charge in [0.1, 0.15) is 5.82 Å². The lowest BCUT2D eigenvalue weighted by Crippen LogP contribution is -2.16. The van der Waals surface area contributed by atoms with Gasteiger partial charge in [0, 0.05) is 22.7 Å². The molecule has 0 unspecified atom stereocenters. The van der Waals surface area contributed by atoms with Crippen LogP contribution in [0, 0.1) is 15.9 Å². The van der Waals surface area contributed by atoms with Crippen molar-refractivity contribution in [3.8, 4) is 0 Å². The van der Waals surface area contributed by atoms with E-state index in [0.29, 0.717) is 0 Å². The summed E-state index contributed by atoms with van der Waals surface area (Å²) in [6.45, 7) is 0. The quantitative estimate of drug-likeness (QED) is 0.351. The van der Waals surface area contributed by atoms with Crippen LogP contribution in [0.15, 0.2) is 71.6 Å². The van der Waals surface area contributed by atoms with Gasteiger partial charge in [-0.15, -0.1) is 0 Å². The van der Waals surface area contributed by atoms with Crippen LogP contribution in [0.3, 0.4) is 0 Å². The van der Waals surface area contributed by atoms with E-state index in [-0.39, 0.29) is 32.4 Å². The summed E-state index contributed by atoms with van der Waals surface area (Å²) >= 11 is 5.94. The van der Waals surface area contributed by atoms with Gasteiger partial charge in [0.2, 0.25) is 0 Å². The molecule has 29 heavy (non-hydrogen) atoms. The minimum atomic E-state index is -4.18. The Hall–Kier alpha value is -3.30. The molecule has 0 spiro atoms. The first kappa shape index (κ1) is 20.4. The van der Waals surface area contributed by atoms with Gasteiger partial charge in [-0.2, -0.15) is 0 Å². The number of nitro benzene ring substituents is 1. The number of anilines is 1. The second-order valence-corrected chi connectivity index (χ2v) is 7.97. The lowest BCUT2D eigenvalue weighted by Gasteiger charge is -2.13. The topological polar surface area (TPSA) is 106 Å². The Balaban J connectivity index is 2.00. The molecule has 7 nitrogen and oxygen atoms in total. The van der Waals surface area contributed by atoms with E-state index in [0.717, 1.165) is 30.3 Å². The number of carbonyl (C=O) groups is 1. The van der Waals surface area contributed by atoms with E-state index in [1.54, 1.807) is 0 Å². The zero-order chi connectivity index (χ0) is 21.2. The van der Waals surface area contributed by atoms with Crippen molar-refractivity contribution in [2.45, 2.75) is 4.90 Å². The zero-order valence-corrected chi connectivity index (χ0v) is 16.1. The van der Waals surface area contributed by atoms with Crippen LogP contribution in [-0.4, -0.2) is 19.1 Å². The van der Waals surface area contributed by atoms with Gasteiger partial charge in [-0.3, -0.25) is 19.6 Å². The smallest absolute Gasteiger partial charge is 0.269 e. The highest BCUT2D eigenvalue weighted by atomic mass is 35.5. The highest BCUT2D eigenvalue weighted by molar-refractivity contribution is 7.92. The average Bonchev–Trinajstić information content (AvgIpc) is 2.69. The van der Waals surface area contributed by atoms with Crippen molar-refractivity contribution in [3.63, 3.8) is 0 Å². The predicted molar refractivity (Wildman–Crippen MR) is 105 cm³/mol. The highest BCUT2D eigenvalue weighted by Gasteiger charge is 2.22. The van der Waals surface area contributed by atoms with Crippen molar-refractivity contribution in [2.75, 3.05) is 4.72 Å². The molecule has 0 aliphatic heterocycles. The molecule has 0 saturated carbocycles. The van der Waals surface area contributed by atoms with Crippen LogP contribution in [0.4, 0.5) is 15.8 Å². The molecule has 0 heterocycles. The van der Waals surface area contributed by atoms with Crippen LogP contribution >= 0.6 is 11.6 Å². The number of sulfonamides is 1. The molecular formula is C19H12ClFN2O5S. The number of nitro groups is 1. The SMILES string of the molecule is O=C(c1ccccc1F)c1cc(Cl)ccc1NS(=O)(=O)c1ccc([N+](=O)[O-])cc1. The van der Waals surface area contributed by atoms with E-state index in [2.05, 4.69) is 4.72 Å². The fraction of sp³-hybridized carbons (Fsp3) is 0. The predicted octanol–water partition coefficient (Wildman–Crippen LogP) is 4.42. The second-order valence-electron chi connectivity index (χ2n) is 5.86. The number of ketones is 1. The summed E-state index contributed by atoms with van der Waals surface area (Å²) < 4.78 is 41.6. The van der Waals surface area contributed by atoms with E-state index >= 15 is 0 Å². The van der Waals surface area contributed by atoms with Crippen molar-refractivity contribution in [2.24, 2.45) is 0 Å². The summed E-state index contributed by atoms with van der Waals surface area (Å²) in [6.07, 6.45) is 0. The number of nitrogens with one attached hydrogen (secondary N) is 1. The molecule has 0 radical (unpaired) electrons. The Labute approximate surface area is 170 Å². The third kappa shape index (κ3) is 4.41. The number of halogens is 2. The summed E-state index contributed by atoms with van der Waals surface area (Å²) in [7, 11) is -4.18. The third-order valence-corrected chi connectivity index (χ3v) is 5.56. The number of carbonyl (C=O) groups excluding carboxylic acids is 1. The lowest BCUT2D eigenvalue weighted by atomic mass is 10.0. The molecule has 0 aliphatic carbocycles. The molecule has 0 aromatic heterocycles. The molecule has 3 aromatic carbocycles. The van der Waals surface area contributed by atoms with E-state index < -0.39 is 26.5 Å². The first-order valence-electron chi connectivity index (χ1n) is 8.05. The summed E-state index contributed by atoms with van der Waals surface area (Å²) in [6, 6.07) is 13.4. The lowest BCUT2D eigenvalue weighted by molar-refractivity contribution is -0.384. The first-order chi connectivity index (χ1) is 13.7. The van der Waals surface area contributed by atoms with Crippen molar-refractivity contribution in [1.29, 1.82) is 0 Å². The average molecular weight is 435 g/mol. The highest BCUT2D eigenvalue weighted by Crippen LogP contribution is 2.27. The van der Waals surface area contributed by atoms with Gasteiger partial charge in [0.25, 0.3) is 15.7 Å². The number of hydrogen-bond acceptors (Lipinski definition) is 5. The number of non-ortho nitro benzene ring substituents is 1. The molecule has 0 amide bonds. The maximum atomic E-state index is 14.0. The van der Waals surface area contributed by atoms with Crippen LogP contribution in [0.25, 0.3) is 0 Å². The van der Waals surface area contributed by atoms with E-state index in [4.69, 9.17) is 11.6 Å². The normalized spacial score (nSPS) is 11.1. The monoisotopic (exact) mass is 434 g/mol. The Kier molecular flexibility index (Phi) is 5.62. The minimum Gasteiger partial charge on any atom is -0.288 e. The van der Waals surface area contributed by atoms with Crippen LogP contribution in [0.1, 0.15) is 15.9 Å². The summed E-state index contributed by atoms with van der Waals surface area (Å²) in [5.41, 5.74) is -0.773. The molecule has 3 rings (SSSR count). The molecule has 0 atom stereocenters. The number of benzene rings is 3. The van der Waals surface area contributed by atoms with E-state index in [1.807, 2.05) is 0 Å². The summed E-state index contributed by atoms with van der Waals surface area (Å²) in [5.74, 6) is -1.52. The molecule has 0 saturated heterocycles. The standard InChI is InChI=1S/C19H12ClFN2O5S/c20-12-5-10-18(16(11-12)19(24)15-3-1-2-4-17(15)21)22-29(27,28)14-8-6-13(7-9-14)23(25)26/h1-11,22H. The van der Waals surface area contributed by atoms with Crippen molar-refractivity contribution < 1.29 is 22.5 Å². The van der Waals surface area contributed by atoms with E-state index in [9.17, 15) is 27.7 Å². The fourth-order valence-electron chi connectivity index (χ4n) is 2.53. The number of rotatable bonds is 6. The zero-order valence-electron chi connectivity index (χ0n) is 14.5. The molecule has 0 bridgehead atoms. The Bertz CT molecular complexity index is 1210. The van der Waals surface area contributed by atoms with Gasteiger partial charge in [0.05, 0.1) is 21.1 Å². The maximum Gasteiger partial charge on any atom is 0.269 e. The van der Waals surface area contributed by atoms with Gasteiger partial charge < -0.3 is 0 Å². The molecule has 1 N–H and O–H groups in total. The Morgan fingerprint density at radius 1 is 1.00 bits per heavy atom. The van der Waals surface area contributed by atoms with Crippen LogP contribution in [0.2, 0.25) is 5.02 Å². The van der Waals surface area contributed by atoms with Gasteiger partial charge in [-0.05, 0) is 42.5 Å². The number of nitrogens with zero attached hydrogens (tertiary/aromatic N) is 1. The fourth-order valence-corrected chi connectivity index (χ4v) is 3.79. The summed E-state index contributed by atoms with van der Waals surface area (Å²) in [4.78, 5) is 22.6. The van der Waals surface area contributed by atoms with E-state index in [1.165, 1.54) is 36.4 Å². The largest absolute Gasteiger partial charge is 0.288 e. The van der Waals surface area contributed by atoms with Crippen LogP contribution in [-0.2, 0) is 10.0 Å².